The number of allylic oxidation sites excluding steroid dienone is 2. The van der Waals surface area contributed by atoms with Gasteiger partial charge in [0.25, 0.3) is 0 Å². The van der Waals surface area contributed by atoms with E-state index in [4.69, 9.17) is 15.0 Å². The van der Waals surface area contributed by atoms with Gasteiger partial charge in [-0.3, -0.25) is 0 Å². The summed E-state index contributed by atoms with van der Waals surface area (Å²) in [6.45, 7) is 7.12. The molecule has 1 atom stereocenters. The van der Waals surface area contributed by atoms with Crippen molar-refractivity contribution >= 4 is 6.16 Å². The predicted octanol–water partition coefficient (Wildman–Crippen LogP) is -5.30. The molecule has 0 aromatic rings. The van der Waals surface area contributed by atoms with Gasteiger partial charge in [-0.05, 0) is 43.7 Å². The summed E-state index contributed by atoms with van der Waals surface area (Å²) in [5, 5.41) is 16.7. The molecule has 3 rings (SSSR count). The fraction of sp³-hybridized carbons (Fsp3) is 0.727. The molecule has 0 saturated heterocycles. The van der Waals surface area contributed by atoms with Crippen LogP contribution in [0, 0.1) is 11.3 Å². The minimum Gasteiger partial charge on any atom is -0.652 e. The van der Waals surface area contributed by atoms with Gasteiger partial charge in [0.2, 0.25) is 0 Å². The maximum atomic E-state index is 8.33. The molecule has 16 heavy (non-hydrogen) atoms. The van der Waals surface area contributed by atoms with Crippen LogP contribution in [0.15, 0.2) is 11.1 Å². The first-order chi connectivity index (χ1) is 6.35. The Morgan fingerprint density at radius 2 is 1.75 bits per heavy atom. The van der Waals surface area contributed by atoms with Crippen molar-refractivity contribution in [3.8, 4) is 0 Å². The second kappa shape index (κ2) is 7.45. The van der Waals surface area contributed by atoms with Gasteiger partial charge in [-0.25, -0.2) is 0 Å². The van der Waals surface area contributed by atoms with Gasteiger partial charge in [0.15, 0.2) is 0 Å². The van der Waals surface area contributed by atoms with Crippen LogP contribution in [0.5, 0.6) is 0 Å². The van der Waals surface area contributed by atoms with E-state index in [2.05, 4.69) is 20.8 Å². The van der Waals surface area contributed by atoms with Crippen LogP contribution < -0.4 is 69.3 Å². The van der Waals surface area contributed by atoms with Crippen LogP contribution in [-0.4, -0.2) is 6.16 Å². The summed E-state index contributed by atoms with van der Waals surface area (Å²) in [7, 11) is 0. The number of hydrogen-bond acceptors (Lipinski definition) is 3. The molecule has 0 spiro atoms. The summed E-state index contributed by atoms with van der Waals surface area (Å²) >= 11 is 0. The van der Waals surface area contributed by atoms with E-state index in [1.807, 2.05) is 0 Å². The van der Waals surface area contributed by atoms with Crippen molar-refractivity contribution in [1.29, 1.82) is 0 Å². The van der Waals surface area contributed by atoms with Crippen molar-refractivity contribution in [3.05, 3.63) is 11.1 Å². The van der Waals surface area contributed by atoms with E-state index in [0.29, 0.717) is 5.41 Å². The second-order valence-electron chi connectivity index (χ2n) is 4.67. The minimum atomic E-state index is -2.33. The molecule has 2 bridgehead atoms. The molecule has 3 aliphatic carbocycles. The normalized spacial score (nSPS) is 23.8. The van der Waals surface area contributed by atoms with Crippen LogP contribution in [-0.2, 0) is 0 Å². The van der Waals surface area contributed by atoms with Crippen molar-refractivity contribution in [2.75, 3.05) is 0 Å². The molecule has 3 aliphatic rings. The van der Waals surface area contributed by atoms with Gasteiger partial charge in [0.05, 0.1) is 0 Å². The monoisotopic (exact) mass is 242 g/mol. The average Bonchev–Trinajstić information content (AvgIpc) is 2.02. The van der Waals surface area contributed by atoms with E-state index in [9.17, 15) is 0 Å². The largest absolute Gasteiger partial charge is 1.00 e. The van der Waals surface area contributed by atoms with E-state index in [-0.39, 0.29) is 59.1 Å². The molecule has 1 saturated carbocycles. The quantitative estimate of drug-likeness (QED) is 0.315. The number of rotatable bonds is 0. The zero-order chi connectivity index (χ0) is 10.9. The standard InChI is InChI=1S/C10H16.CH2O3.2Na/c1-7-4-5-8-6-9(7)10(8,2)3;2-1(3)4;;/h8H,4-6H2,1-3H3;(H2,2,3,4);;/q;;2*+1/p-2. The Bertz CT molecular complexity index is 281. The van der Waals surface area contributed by atoms with E-state index < -0.39 is 6.16 Å². The predicted molar refractivity (Wildman–Crippen MR) is 49.2 cm³/mol. The van der Waals surface area contributed by atoms with E-state index in [0.717, 1.165) is 5.92 Å². The van der Waals surface area contributed by atoms with Gasteiger partial charge >= 0.3 is 59.1 Å². The number of fused-ring (bicyclic) bond motifs is 2. The molecule has 0 aromatic carbocycles. The molecule has 0 aromatic heterocycles. The Kier molecular flexibility index (Phi) is 9.01. The zero-order valence-electron chi connectivity index (χ0n) is 10.9. The van der Waals surface area contributed by atoms with Crippen molar-refractivity contribution in [2.45, 2.75) is 40.0 Å². The molecular formula is C11H16Na2O3. The molecule has 80 valence electrons. The molecule has 0 amide bonds. The van der Waals surface area contributed by atoms with E-state index in [1.54, 1.807) is 11.1 Å². The Hall–Kier alpha value is 1.01. The molecule has 1 fully saturated rings. The van der Waals surface area contributed by atoms with Crippen LogP contribution in [0.1, 0.15) is 40.0 Å². The molecule has 1 unspecified atom stereocenters. The number of hydrogen-bond donors (Lipinski definition) is 0. The number of carbonyl (C=O) groups excluding carboxylic acids is 1. The zero-order valence-corrected chi connectivity index (χ0v) is 14.9. The Morgan fingerprint density at radius 3 is 1.94 bits per heavy atom. The third-order valence-corrected chi connectivity index (χ3v) is 3.63. The molecule has 5 heteroatoms. The van der Waals surface area contributed by atoms with Gasteiger partial charge < -0.3 is 15.0 Å². The first-order valence-electron chi connectivity index (χ1n) is 4.92. The van der Waals surface area contributed by atoms with E-state index >= 15 is 0 Å². The van der Waals surface area contributed by atoms with Crippen LogP contribution in [0.4, 0.5) is 4.79 Å². The molecule has 0 N–H and O–H groups in total. The molecule has 0 aliphatic heterocycles. The van der Waals surface area contributed by atoms with Gasteiger partial charge in [0, 0.05) is 0 Å². The first kappa shape index (κ1) is 19.4. The average molecular weight is 242 g/mol. The van der Waals surface area contributed by atoms with Crippen molar-refractivity contribution in [1.82, 2.24) is 0 Å². The Balaban J connectivity index is 0. The second-order valence-corrected chi connectivity index (χ2v) is 4.67. The Morgan fingerprint density at radius 1 is 1.31 bits per heavy atom. The summed E-state index contributed by atoms with van der Waals surface area (Å²) in [6, 6.07) is 0. The fourth-order valence-electron chi connectivity index (χ4n) is 2.61. The maximum absolute atomic E-state index is 8.33. The molecule has 0 heterocycles. The van der Waals surface area contributed by atoms with E-state index in [1.165, 1.54) is 19.3 Å². The summed E-state index contributed by atoms with van der Waals surface area (Å²) in [5.41, 5.74) is 4.04. The smallest absolute Gasteiger partial charge is 0.652 e. The number of carboxylic acid groups (broad SMARTS) is 2. The van der Waals surface area contributed by atoms with Crippen molar-refractivity contribution in [3.63, 3.8) is 0 Å². The third kappa shape index (κ3) is 4.35. The first-order valence-corrected chi connectivity index (χ1v) is 4.92. The van der Waals surface area contributed by atoms with Gasteiger partial charge in [-0.15, -0.1) is 0 Å². The van der Waals surface area contributed by atoms with Gasteiger partial charge in [-0.1, -0.05) is 25.0 Å². The number of carbonyl (C=O) groups is 1. The van der Waals surface area contributed by atoms with Crippen molar-refractivity contribution in [2.24, 2.45) is 11.3 Å². The fourth-order valence-corrected chi connectivity index (χ4v) is 2.61. The van der Waals surface area contributed by atoms with Gasteiger partial charge in [0.1, 0.15) is 0 Å². The van der Waals surface area contributed by atoms with Crippen LogP contribution in [0.25, 0.3) is 0 Å². The topological polar surface area (TPSA) is 63.2 Å². The summed E-state index contributed by atoms with van der Waals surface area (Å²) in [5.74, 6) is 1.02. The molecule has 0 radical (unpaired) electrons. The summed E-state index contributed by atoms with van der Waals surface area (Å²) in [6.07, 6.45) is 1.91. The Labute approximate surface area is 141 Å². The summed E-state index contributed by atoms with van der Waals surface area (Å²) in [4.78, 5) is 8.33. The molecular weight excluding hydrogens is 226 g/mol. The third-order valence-electron chi connectivity index (χ3n) is 3.63. The minimum absolute atomic E-state index is 0. The van der Waals surface area contributed by atoms with Gasteiger partial charge in [-0.2, -0.15) is 0 Å². The van der Waals surface area contributed by atoms with Crippen LogP contribution in [0.2, 0.25) is 0 Å². The van der Waals surface area contributed by atoms with Crippen LogP contribution >= 0.6 is 0 Å². The van der Waals surface area contributed by atoms with Crippen LogP contribution in [0.3, 0.4) is 0 Å². The molecule has 3 nitrogen and oxygen atoms in total. The van der Waals surface area contributed by atoms with Crippen molar-refractivity contribution < 1.29 is 74.1 Å². The SMILES string of the molecule is CC1=C2CC(CC1)C2(C)C.O=C([O-])[O-].[Na+].[Na+]. The summed E-state index contributed by atoms with van der Waals surface area (Å²) < 4.78 is 0. The maximum Gasteiger partial charge on any atom is 1.00 e.